The van der Waals surface area contributed by atoms with Gasteiger partial charge in [-0.25, -0.2) is 0 Å². The summed E-state index contributed by atoms with van der Waals surface area (Å²) in [6.07, 6.45) is -3.38. The second-order valence-corrected chi connectivity index (χ2v) is 5.59. The van der Waals surface area contributed by atoms with Crippen LogP contribution in [-0.2, 0) is 0 Å². The van der Waals surface area contributed by atoms with Crippen LogP contribution in [0.4, 0.5) is 24.0 Å². The smallest absolute Gasteiger partial charge is 0.401 e. The summed E-state index contributed by atoms with van der Waals surface area (Å²) in [5, 5.41) is 3.87. The van der Waals surface area contributed by atoms with Crippen LogP contribution < -0.4 is 15.8 Å². The Bertz CT molecular complexity index is 451. The van der Waals surface area contributed by atoms with E-state index in [-0.39, 0.29) is 5.92 Å². The van der Waals surface area contributed by atoms with Crippen LogP contribution in [0.15, 0.2) is 0 Å². The van der Waals surface area contributed by atoms with Crippen molar-refractivity contribution in [2.75, 3.05) is 44.3 Å². The van der Waals surface area contributed by atoms with Gasteiger partial charge >= 0.3 is 6.18 Å². The maximum atomic E-state index is 12.3. The van der Waals surface area contributed by atoms with Gasteiger partial charge in [-0.1, -0.05) is 0 Å². The molecule has 9 heteroatoms. The molecular formula is C11H17F3N4OS. The Labute approximate surface area is 119 Å². The number of methoxy groups -OCH3 is 1. The molecule has 0 amide bonds. The van der Waals surface area contributed by atoms with E-state index >= 15 is 0 Å². The van der Waals surface area contributed by atoms with Crippen LogP contribution in [-0.4, -0.2) is 48.7 Å². The van der Waals surface area contributed by atoms with Crippen molar-refractivity contribution in [3.63, 3.8) is 0 Å². The zero-order chi connectivity index (χ0) is 14.8. The SMILES string of the molecule is COc1c(N)nsc1NCC1CCN(CC(F)(F)F)C1. The summed E-state index contributed by atoms with van der Waals surface area (Å²) in [5.74, 6) is 1.01. The Hall–Kier alpha value is -1.22. The van der Waals surface area contributed by atoms with E-state index < -0.39 is 12.7 Å². The van der Waals surface area contributed by atoms with E-state index in [4.69, 9.17) is 10.5 Å². The molecule has 2 rings (SSSR count). The minimum Gasteiger partial charge on any atom is -0.490 e. The van der Waals surface area contributed by atoms with Gasteiger partial charge in [0.15, 0.2) is 16.6 Å². The zero-order valence-corrected chi connectivity index (χ0v) is 11.9. The van der Waals surface area contributed by atoms with E-state index in [0.717, 1.165) is 11.4 Å². The van der Waals surface area contributed by atoms with Crippen LogP contribution in [0.1, 0.15) is 6.42 Å². The average molecular weight is 310 g/mol. The molecule has 0 spiro atoms. The van der Waals surface area contributed by atoms with E-state index in [1.807, 2.05) is 0 Å². The fourth-order valence-corrected chi connectivity index (χ4v) is 3.01. The lowest BCUT2D eigenvalue weighted by Crippen LogP contribution is -2.33. The first-order valence-electron chi connectivity index (χ1n) is 6.21. The number of anilines is 2. The monoisotopic (exact) mass is 310 g/mol. The average Bonchev–Trinajstić information content (AvgIpc) is 2.91. The van der Waals surface area contributed by atoms with Crippen LogP contribution in [0, 0.1) is 5.92 Å². The van der Waals surface area contributed by atoms with Crippen LogP contribution in [0.5, 0.6) is 5.75 Å². The molecule has 1 aromatic rings. The fourth-order valence-electron chi connectivity index (χ4n) is 2.32. The lowest BCUT2D eigenvalue weighted by Gasteiger charge is -2.18. The van der Waals surface area contributed by atoms with E-state index in [1.54, 1.807) is 0 Å². The van der Waals surface area contributed by atoms with Crippen molar-refractivity contribution < 1.29 is 17.9 Å². The summed E-state index contributed by atoms with van der Waals surface area (Å²) in [4.78, 5) is 1.44. The first-order valence-corrected chi connectivity index (χ1v) is 6.98. The summed E-state index contributed by atoms with van der Waals surface area (Å²) in [5.41, 5.74) is 5.63. The second-order valence-electron chi connectivity index (χ2n) is 4.82. The minimum absolute atomic E-state index is 0.186. The van der Waals surface area contributed by atoms with Crippen LogP contribution in [0.2, 0.25) is 0 Å². The summed E-state index contributed by atoms with van der Waals surface area (Å²) in [6, 6.07) is 0. The largest absolute Gasteiger partial charge is 0.490 e. The topological polar surface area (TPSA) is 63.4 Å². The molecule has 1 unspecified atom stereocenters. The molecule has 1 saturated heterocycles. The predicted octanol–water partition coefficient (Wildman–Crippen LogP) is 2.03. The molecular weight excluding hydrogens is 293 g/mol. The van der Waals surface area contributed by atoms with Crippen LogP contribution in [0.25, 0.3) is 0 Å². The number of likely N-dealkylation sites (tertiary alicyclic amines) is 1. The molecule has 1 atom stereocenters. The number of alkyl halides is 3. The molecule has 0 bridgehead atoms. The zero-order valence-electron chi connectivity index (χ0n) is 11.0. The van der Waals surface area contributed by atoms with E-state index in [9.17, 15) is 13.2 Å². The Morgan fingerprint density at radius 3 is 2.95 bits per heavy atom. The molecule has 0 aliphatic carbocycles. The van der Waals surface area contributed by atoms with Gasteiger partial charge in [-0.15, -0.1) is 0 Å². The number of nitrogens with two attached hydrogens (primary N) is 1. The summed E-state index contributed by atoms with van der Waals surface area (Å²) in [6.45, 7) is 0.684. The van der Waals surface area contributed by atoms with Crippen molar-refractivity contribution in [1.29, 1.82) is 0 Å². The molecule has 1 fully saturated rings. The lowest BCUT2D eigenvalue weighted by atomic mass is 10.1. The third-order valence-corrected chi connectivity index (χ3v) is 4.00. The first kappa shape index (κ1) is 15.2. The number of halogens is 3. The highest BCUT2D eigenvalue weighted by Gasteiger charge is 2.34. The Morgan fingerprint density at radius 2 is 2.30 bits per heavy atom. The number of hydrogen-bond donors (Lipinski definition) is 2. The summed E-state index contributed by atoms with van der Waals surface area (Å²) >= 11 is 1.19. The third kappa shape index (κ3) is 3.89. The van der Waals surface area contributed by atoms with E-state index in [1.165, 1.54) is 23.5 Å². The van der Waals surface area contributed by atoms with Crippen molar-refractivity contribution in [3.05, 3.63) is 0 Å². The highest BCUT2D eigenvalue weighted by atomic mass is 32.1. The number of nitrogens with zero attached hydrogens (tertiary/aromatic N) is 2. The van der Waals surface area contributed by atoms with E-state index in [2.05, 4.69) is 9.69 Å². The number of hydrogen-bond acceptors (Lipinski definition) is 6. The van der Waals surface area contributed by atoms with Gasteiger partial charge in [-0.2, -0.15) is 17.5 Å². The molecule has 114 valence electrons. The number of aromatic nitrogens is 1. The molecule has 2 heterocycles. The van der Waals surface area contributed by atoms with Crippen molar-refractivity contribution >= 4 is 22.4 Å². The third-order valence-electron chi connectivity index (χ3n) is 3.20. The molecule has 1 aromatic heterocycles. The molecule has 3 N–H and O–H groups in total. The molecule has 1 aliphatic rings. The highest BCUT2D eigenvalue weighted by Crippen LogP contribution is 2.35. The lowest BCUT2D eigenvalue weighted by molar-refractivity contribution is -0.143. The standard InChI is InChI=1S/C11H17F3N4OS/c1-19-8-9(15)17-20-10(8)16-4-7-2-3-18(5-7)6-11(12,13)14/h7,16H,2-6H2,1H3,(H2,15,17). The molecule has 0 saturated carbocycles. The van der Waals surface area contributed by atoms with Crippen LogP contribution >= 0.6 is 11.5 Å². The van der Waals surface area contributed by atoms with Crippen molar-refractivity contribution in [2.45, 2.75) is 12.6 Å². The van der Waals surface area contributed by atoms with Crippen molar-refractivity contribution in [3.8, 4) is 5.75 Å². The molecule has 0 aromatic carbocycles. The molecule has 20 heavy (non-hydrogen) atoms. The van der Waals surface area contributed by atoms with Gasteiger partial charge in [-0.05, 0) is 30.4 Å². The predicted molar refractivity (Wildman–Crippen MR) is 72.2 cm³/mol. The van der Waals surface area contributed by atoms with Crippen molar-refractivity contribution in [2.24, 2.45) is 5.92 Å². The molecule has 5 nitrogen and oxygen atoms in total. The summed E-state index contributed by atoms with van der Waals surface area (Å²) < 4.78 is 46.0. The van der Waals surface area contributed by atoms with Gasteiger partial charge in [0.1, 0.15) is 0 Å². The summed E-state index contributed by atoms with van der Waals surface area (Å²) in [7, 11) is 1.51. The first-order chi connectivity index (χ1) is 9.39. The normalized spacial score (nSPS) is 20.3. The van der Waals surface area contributed by atoms with E-state index in [0.29, 0.717) is 31.2 Å². The maximum absolute atomic E-state index is 12.3. The van der Waals surface area contributed by atoms with Crippen molar-refractivity contribution in [1.82, 2.24) is 9.27 Å². The number of nitrogen functional groups attached to an aromatic ring is 1. The quantitative estimate of drug-likeness (QED) is 0.871. The van der Waals surface area contributed by atoms with Gasteiger partial charge in [0.2, 0.25) is 0 Å². The number of rotatable bonds is 5. The minimum atomic E-state index is -4.13. The number of nitrogens with one attached hydrogen (secondary N) is 1. The Morgan fingerprint density at radius 1 is 1.55 bits per heavy atom. The van der Waals surface area contributed by atoms with Gasteiger partial charge in [0.05, 0.1) is 13.7 Å². The van der Waals surface area contributed by atoms with Gasteiger partial charge in [0.25, 0.3) is 0 Å². The Balaban J connectivity index is 1.81. The van der Waals surface area contributed by atoms with Gasteiger partial charge in [-0.3, -0.25) is 4.90 Å². The Kier molecular flexibility index (Phi) is 4.59. The fraction of sp³-hybridized carbons (Fsp3) is 0.727. The second kappa shape index (κ2) is 6.04. The van der Waals surface area contributed by atoms with Gasteiger partial charge in [0, 0.05) is 13.1 Å². The van der Waals surface area contributed by atoms with Crippen LogP contribution in [0.3, 0.4) is 0 Å². The molecule has 0 radical (unpaired) electrons. The number of ether oxygens (including phenoxy) is 1. The highest BCUT2D eigenvalue weighted by molar-refractivity contribution is 7.11. The van der Waals surface area contributed by atoms with Gasteiger partial charge < -0.3 is 15.8 Å². The maximum Gasteiger partial charge on any atom is 0.401 e. The molecule has 1 aliphatic heterocycles.